The van der Waals surface area contributed by atoms with E-state index >= 15 is 0 Å². The lowest BCUT2D eigenvalue weighted by molar-refractivity contribution is -0.122. The van der Waals surface area contributed by atoms with Crippen molar-refractivity contribution in [2.24, 2.45) is 7.05 Å². The minimum absolute atomic E-state index is 0.000297. The van der Waals surface area contributed by atoms with Gasteiger partial charge in [-0.05, 0) is 25.5 Å². The van der Waals surface area contributed by atoms with Gasteiger partial charge < -0.3 is 10.2 Å². The molecule has 1 aromatic heterocycles. The summed E-state index contributed by atoms with van der Waals surface area (Å²) in [5.74, 6) is -0.250. The van der Waals surface area contributed by atoms with Crippen LogP contribution in [0.15, 0.2) is 24.3 Å². The van der Waals surface area contributed by atoms with E-state index in [1.165, 1.54) is 0 Å². The Hall–Kier alpha value is -2.63. The van der Waals surface area contributed by atoms with E-state index < -0.39 is 0 Å². The summed E-state index contributed by atoms with van der Waals surface area (Å²) >= 11 is 0. The number of fused-ring (bicyclic) bond motifs is 1. The minimum Gasteiger partial charge on any atom is -0.321 e. The quantitative estimate of drug-likeness (QED) is 0.934. The summed E-state index contributed by atoms with van der Waals surface area (Å²) in [6.45, 7) is 7.87. The molecule has 0 saturated heterocycles. The summed E-state index contributed by atoms with van der Waals surface area (Å²) in [6.07, 6.45) is 0.391. The third-order valence-corrected chi connectivity index (χ3v) is 4.89. The van der Waals surface area contributed by atoms with Crippen molar-refractivity contribution in [2.45, 2.75) is 39.5 Å². The maximum Gasteiger partial charge on any atom is 0.244 e. The van der Waals surface area contributed by atoms with E-state index in [4.69, 9.17) is 0 Å². The molecule has 0 radical (unpaired) electrons. The Morgan fingerprint density at radius 2 is 1.96 bits per heavy atom. The molecule has 0 bridgehead atoms. The largest absolute Gasteiger partial charge is 0.321 e. The van der Waals surface area contributed by atoms with E-state index in [0.29, 0.717) is 12.1 Å². The Kier molecular flexibility index (Phi) is 4.14. The fourth-order valence-corrected chi connectivity index (χ4v) is 3.43. The standard InChI is InChI=1S/C19H24N4O2/c1-12-18(13(2)22(5)21-12)20-16(24)11-23-15-9-7-6-8-14(15)19(3,4)10-17(23)25/h6-9H,10-11H2,1-5H3,(H,20,24). The fraction of sp³-hybridized carbons (Fsp3) is 0.421. The molecule has 132 valence electrons. The van der Waals surface area contributed by atoms with Crippen molar-refractivity contribution < 1.29 is 9.59 Å². The van der Waals surface area contributed by atoms with Crippen LogP contribution in [0.1, 0.15) is 37.2 Å². The molecule has 0 atom stereocenters. The zero-order chi connectivity index (χ0) is 18.4. The van der Waals surface area contributed by atoms with Gasteiger partial charge in [0.15, 0.2) is 0 Å². The summed E-state index contributed by atoms with van der Waals surface area (Å²) in [6, 6.07) is 7.80. The molecule has 6 nitrogen and oxygen atoms in total. The summed E-state index contributed by atoms with van der Waals surface area (Å²) in [7, 11) is 1.84. The second-order valence-corrected chi connectivity index (χ2v) is 7.28. The number of carbonyl (C=O) groups is 2. The van der Waals surface area contributed by atoms with Gasteiger partial charge >= 0.3 is 0 Å². The van der Waals surface area contributed by atoms with Gasteiger partial charge in [0.2, 0.25) is 11.8 Å². The van der Waals surface area contributed by atoms with E-state index in [2.05, 4.69) is 24.3 Å². The third-order valence-electron chi connectivity index (χ3n) is 4.89. The highest BCUT2D eigenvalue weighted by Crippen LogP contribution is 2.39. The number of rotatable bonds is 3. The van der Waals surface area contributed by atoms with Gasteiger partial charge in [0, 0.05) is 24.6 Å². The molecule has 2 heterocycles. The second-order valence-electron chi connectivity index (χ2n) is 7.28. The average Bonchev–Trinajstić information content (AvgIpc) is 2.77. The summed E-state index contributed by atoms with van der Waals surface area (Å²) < 4.78 is 1.73. The van der Waals surface area contributed by atoms with E-state index in [9.17, 15) is 9.59 Å². The molecule has 0 spiro atoms. The van der Waals surface area contributed by atoms with Crippen LogP contribution in [-0.4, -0.2) is 28.1 Å². The van der Waals surface area contributed by atoms with Crippen LogP contribution in [0.4, 0.5) is 11.4 Å². The van der Waals surface area contributed by atoms with Crippen molar-refractivity contribution in [1.82, 2.24) is 9.78 Å². The van der Waals surface area contributed by atoms with Crippen molar-refractivity contribution >= 4 is 23.2 Å². The predicted octanol–water partition coefficient (Wildman–Crippen LogP) is 2.69. The van der Waals surface area contributed by atoms with Crippen LogP contribution in [0, 0.1) is 13.8 Å². The van der Waals surface area contributed by atoms with E-state index in [1.807, 2.05) is 45.2 Å². The number of aryl methyl sites for hydroxylation is 2. The Labute approximate surface area is 147 Å². The summed E-state index contributed by atoms with van der Waals surface area (Å²) in [4.78, 5) is 26.8. The lowest BCUT2D eigenvalue weighted by Crippen LogP contribution is -2.45. The Balaban J connectivity index is 1.85. The molecule has 2 amide bonds. The average molecular weight is 340 g/mol. The van der Waals surface area contributed by atoms with Crippen LogP contribution >= 0.6 is 0 Å². The van der Waals surface area contributed by atoms with Gasteiger partial charge in [-0.15, -0.1) is 0 Å². The predicted molar refractivity (Wildman–Crippen MR) is 97.7 cm³/mol. The molecule has 0 saturated carbocycles. The number of nitrogens with zero attached hydrogens (tertiary/aromatic N) is 3. The van der Waals surface area contributed by atoms with Crippen LogP contribution in [0.3, 0.4) is 0 Å². The van der Waals surface area contributed by atoms with Gasteiger partial charge in [0.05, 0.1) is 17.1 Å². The number of benzene rings is 1. The molecule has 3 rings (SSSR count). The molecule has 0 unspecified atom stereocenters. The molecule has 6 heteroatoms. The number of aromatic nitrogens is 2. The van der Waals surface area contributed by atoms with E-state index in [1.54, 1.807) is 9.58 Å². The van der Waals surface area contributed by atoms with Crippen molar-refractivity contribution in [3.05, 3.63) is 41.2 Å². The number of hydrogen-bond donors (Lipinski definition) is 1. The van der Waals surface area contributed by atoms with Crippen LogP contribution < -0.4 is 10.2 Å². The van der Waals surface area contributed by atoms with Crippen LogP contribution in [0.2, 0.25) is 0 Å². The van der Waals surface area contributed by atoms with Crippen LogP contribution in [0.25, 0.3) is 0 Å². The monoisotopic (exact) mass is 340 g/mol. The maximum atomic E-state index is 12.6. The first kappa shape index (κ1) is 17.2. The number of nitrogens with one attached hydrogen (secondary N) is 1. The van der Waals surface area contributed by atoms with Gasteiger partial charge in [0.25, 0.3) is 0 Å². The SMILES string of the molecule is Cc1nn(C)c(C)c1NC(=O)CN1C(=O)CC(C)(C)c2ccccc21. The number of para-hydroxylation sites is 1. The van der Waals surface area contributed by atoms with Crippen molar-refractivity contribution in [3.8, 4) is 0 Å². The molecular formula is C19H24N4O2. The van der Waals surface area contributed by atoms with E-state index in [0.717, 1.165) is 22.6 Å². The topological polar surface area (TPSA) is 67.2 Å². The van der Waals surface area contributed by atoms with Gasteiger partial charge in [-0.25, -0.2) is 0 Å². The molecule has 0 fully saturated rings. The van der Waals surface area contributed by atoms with Crippen molar-refractivity contribution in [1.29, 1.82) is 0 Å². The summed E-state index contributed by atoms with van der Waals surface area (Å²) in [5.41, 5.74) is 4.05. The normalized spacial score (nSPS) is 15.9. The molecule has 25 heavy (non-hydrogen) atoms. The molecule has 1 aliphatic rings. The number of carbonyl (C=O) groups excluding carboxylic acids is 2. The number of hydrogen-bond acceptors (Lipinski definition) is 3. The highest BCUT2D eigenvalue weighted by atomic mass is 16.2. The Bertz CT molecular complexity index is 851. The second kappa shape index (κ2) is 6.02. The van der Waals surface area contributed by atoms with Gasteiger partial charge in [-0.3, -0.25) is 14.3 Å². The molecule has 1 N–H and O–H groups in total. The van der Waals surface area contributed by atoms with Gasteiger partial charge in [-0.2, -0.15) is 5.10 Å². The zero-order valence-electron chi connectivity index (χ0n) is 15.4. The summed E-state index contributed by atoms with van der Waals surface area (Å²) in [5, 5.41) is 7.20. The molecular weight excluding hydrogens is 316 g/mol. The smallest absolute Gasteiger partial charge is 0.244 e. The third kappa shape index (κ3) is 3.04. The first-order valence-corrected chi connectivity index (χ1v) is 8.40. The Morgan fingerprint density at radius 1 is 1.28 bits per heavy atom. The lowest BCUT2D eigenvalue weighted by atomic mass is 9.77. The fourth-order valence-electron chi connectivity index (χ4n) is 3.43. The van der Waals surface area contributed by atoms with Gasteiger partial charge in [-0.1, -0.05) is 32.0 Å². The number of amides is 2. The van der Waals surface area contributed by atoms with Crippen molar-refractivity contribution in [2.75, 3.05) is 16.8 Å². The molecule has 1 aromatic carbocycles. The molecule has 0 aliphatic carbocycles. The first-order chi connectivity index (χ1) is 11.7. The minimum atomic E-state index is -0.225. The first-order valence-electron chi connectivity index (χ1n) is 8.40. The molecule has 1 aliphatic heterocycles. The maximum absolute atomic E-state index is 12.6. The lowest BCUT2D eigenvalue weighted by Gasteiger charge is -2.38. The van der Waals surface area contributed by atoms with E-state index in [-0.39, 0.29) is 23.8 Å². The van der Waals surface area contributed by atoms with Crippen molar-refractivity contribution in [3.63, 3.8) is 0 Å². The number of anilines is 2. The van der Waals surface area contributed by atoms with Crippen LogP contribution in [-0.2, 0) is 22.1 Å². The van der Waals surface area contributed by atoms with Gasteiger partial charge in [0.1, 0.15) is 6.54 Å². The Morgan fingerprint density at radius 3 is 2.60 bits per heavy atom. The highest BCUT2D eigenvalue weighted by Gasteiger charge is 2.37. The molecule has 2 aromatic rings. The highest BCUT2D eigenvalue weighted by molar-refractivity contribution is 6.05. The zero-order valence-corrected chi connectivity index (χ0v) is 15.4. The van der Waals surface area contributed by atoms with Crippen LogP contribution in [0.5, 0.6) is 0 Å².